The zero-order chi connectivity index (χ0) is 10.7. The van der Waals surface area contributed by atoms with Crippen molar-refractivity contribution in [2.45, 2.75) is 0 Å². The van der Waals surface area contributed by atoms with Crippen molar-refractivity contribution >= 4 is 16.5 Å². The SMILES string of the molecule is FC(F)=CNc1ccc2ccccc2c1. The molecule has 0 aliphatic rings. The van der Waals surface area contributed by atoms with Crippen LogP contribution in [0.4, 0.5) is 14.5 Å². The summed E-state index contributed by atoms with van der Waals surface area (Å²) in [5.41, 5.74) is 0.654. The molecule has 0 bridgehead atoms. The Balaban J connectivity index is 2.34. The second kappa shape index (κ2) is 4.09. The lowest BCUT2D eigenvalue weighted by molar-refractivity contribution is 0.421. The normalized spacial score (nSPS) is 10.0. The molecule has 0 aliphatic carbocycles. The fraction of sp³-hybridized carbons (Fsp3) is 0. The van der Waals surface area contributed by atoms with E-state index in [-0.39, 0.29) is 0 Å². The van der Waals surface area contributed by atoms with Gasteiger partial charge >= 0.3 is 0 Å². The summed E-state index contributed by atoms with van der Waals surface area (Å²) < 4.78 is 23.7. The summed E-state index contributed by atoms with van der Waals surface area (Å²) in [5.74, 6) is 0. The molecule has 0 atom stereocenters. The van der Waals surface area contributed by atoms with E-state index in [9.17, 15) is 8.78 Å². The first-order chi connectivity index (χ1) is 7.25. The van der Waals surface area contributed by atoms with Crippen LogP contribution in [0.15, 0.2) is 54.7 Å². The molecule has 0 amide bonds. The Morgan fingerprint density at radius 1 is 1.00 bits per heavy atom. The molecule has 3 heteroatoms. The monoisotopic (exact) mass is 205 g/mol. The molecule has 0 saturated heterocycles. The molecule has 0 saturated carbocycles. The number of fused-ring (bicyclic) bond motifs is 1. The average molecular weight is 205 g/mol. The molecular weight excluding hydrogens is 196 g/mol. The molecule has 0 aliphatic heterocycles. The van der Waals surface area contributed by atoms with Gasteiger partial charge in [-0.25, -0.2) is 0 Å². The van der Waals surface area contributed by atoms with Gasteiger partial charge in [-0.2, -0.15) is 8.78 Å². The Bertz CT molecular complexity index is 502. The molecule has 0 aromatic heterocycles. The summed E-state index contributed by atoms with van der Waals surface area (Å²) in [7, 11) is 0. The van der Waals surface area contributed by atoms with Crippen molar-refractivity contribution in [3.05, 3.63) is 54.7 Å². The molecule has 2 aromatic carbocycles. The maximum Gasteiger partial charge on any atom is 0.286 e. The fourth-order valence-corrected chi connectivity index (χ4v) is 1.42. The van der Waals surface area contributed by atoms with Crippen LogP contribution in [0.5, 0.6) is 0 Å². The maximum absolute atomic E-state index is 11.8. The highest BCUT2D eigenvalue weighted by Gasteiger charge is 1.94. The van der Waals surface area contributed by atoms with Gasteiger partial charge < -0.3 is 5.32 Å². The van der Waals surface area contributed by atoms with Gasteiger partial charge in [0.1, 0.15) is 0 Å². The van der Waals surface area contributed by atoms with Crippen LogP contribution in [-0.2, 0) is 0 Å². The molecule has 1 N–H and O–H groups in total. The zero-order valence-corrected chi connectivity index (χ0v) is 7.87. The number of hydrogen-bond donors (Lipinski definition) is 1. The second-order valence-corrected chi connectivity index (χ2v) is 3.14. The van der Waals surface area contributed by atoms with E-state index >= 15 is 0 Å². The standard InChI is InChI=1S/C12H9F2N/c13-12(14)8-15-11-6-5-9-3-1-2-4-10(9)7-11/h1-8,15H. The molecule has 1 nitrogen and oxygen atoms in total. The molecule has 15 heavy (non-hydrogen) atoms. The summed E-state index contributed by atoms with van der Waals surface area (Å²) in [6.45, 7) is 0. The largest absolute Gasteiger partial charge is 0.357 e. The predicted molar refractivity (Wildman–Crippen MR) is 57.9 cm³/mol. The number of anilines is 1. The Hall–Kier alpha value is -1.90. The number of hydrogen-bond acceptors (Lipinski definition) is 1. The van der Waals surface area contributed by atoms with Crippen molar-refractivity contribution < 1.29 is 8.78 Å². The van der Waals surface area contributed by atoms with E-state index in [4.69, 9.17) is 0 Å². The van der Waals surface area contributed by atoms with Crippen LogP contribution in [0, 0.1) is 0 Å². The van der Waals surface area contributed by atoms with Crippen LogP contribution in [0.3, 0.4) is 0 Å². The van der Waals surface area contributed by atoms with Gasteiger partial charge in [-0.3, -0.25) is 0 Å². The molecule has 0 unspecified atom stereocenters. The van der Waals surface area contributed by atoms with Crippen LogP contribution in [0.25, 0.3) is 10.8 Å². The number of benzene rings is 2. The summed E-state index contributed by atoms with van der Waals surface area (Å²) in [5, 5.41) is 4.64. The fourth-order valence-electron chi connectivity index (χ4n) is 1.42. The van der Waals surface area contributed by atoms with Gasteiger partial charge in [-0.1, -0.05) is 30.3 Å². The van der Waals surface area contributed by atoms with Crippen molar-refractivity contribution in [2.24, 2.45) is 0 Å². The third kappa shape index (κ3) is 2.31. The average Bonchev–Trinajstić information content (AvgIpc) is 2.26. The van der Waals surface area contributed by atoms with Gasteiger partial charge in [0.25, 0.3) is 6.08 Å². The number of rotatable bonds is 2. The summed E-state index contributed by atoms with van der Waals surface area (Å²) in [6, 6.07) is 13.3. The summed E-state index contributed by atoms with van der Waals surface area (Å²) in [6.07, 6.45) is -1.05. The first-order valence-corrected chi connectivity index (χ1v) is 4.52. The van der Waals surface area contributed by atoms with Gasteiger partial charge in [0.2, 0.25) is 0 Å². The Labute approximate surface area is 86.0 Å². The van der Waals surface area contributed by atoms with Crippen LogP contribution >= 0.6 is 0 Å². The minimum Gasteiger partial charge on any atom is -0.357 e. The van der Waals surface area contributed by atoms with Crippen LogP contribution in [0.1, 0.15) is 0 Å². The van der Waals surface area contributed by atoms with Crippen molar-refractivity contribution in [1.82, 2.24) is 0 Å². The smallest absolute Gasteiger partial charge is 0.286 e. The van der Waals surface area contributed by atoms with Crippen LogP contribution < -0.4 is 5.32 Å². The van der Waals surface area contributed by atoms with Crippen molar-refractivity contribution in [3.63, 3.8) is 0 Å². The summed E-state index contributed by atoms with van der Waals surface area (Å²) in [4.78, 5) is 0. The summed E-state index contributed by atoms with van der Waals surface area (Å²) >= 11 is 0. The molecule has 0 fully saturated rings. The van der Waals surface area contributed by atoms with Crippen molar-refractivity contribution in [2.75, 3.05) is 5.32 Å². The van der Waals surface area contributed by atoms with Crippen LogP contribution in [0.2, 0.25) is 0 Å². The van der Waals surface area contributed by atoms with E-state index in [1.54, 1.807) is 6.07 Å². The maximum atomic E-state index is 11.8. The Morgan fingerprint density at radius 3 is 2.47 bits per heavy atom. The van der Waals surface area contributed by atoms with E-state index < -0.39 is 6.08 Å². The Morgan fingerprint density at radius 2 is 1.73 bits per heavy atom. The minimum absolute atomic E-state index is 0.654. The van der Waals surface area contributed by atoms with E-state index in [2.05, 4.69) is 5.32 Å². The Kier molecular flexibility index (Phi) is 2.63. The lowest BCUT2D eigenvalue weighted by Gasteiger charge is -2.02. The molecule has 2 aromatic rings. The van der Waals surface area contributed by atoms with Gasteiger partial charge in [0.05, 0.1) is 6.20 Å². The molecule has 0 heterocycles. The third-order valence-electron chi connectivity index (χ3n) is 2.10. The van der Waals surface area contributed by atoms with Gasteiger partial charge in [-0.05, 0) is 22.9 Å². The second-order valence-electron chi connectivity index (χ2n) is 3.14. The van der Waals surface area contributed by atoms with E-state index in [1.165, 1.54) is 0 Å². The highest BCUT2D eigenvalue weighted by Crippen LogP contribution is 2.19. The first kappa shape index (κ1) is 9.65. The van der Waals surface area contributed by atoms with Crippen molar-refractivity contribution in [1.29, 1.82) is 0 Å². The minimum atomic E-state index is -1.73. The highest BCUT2D eigenvalue weighted by atomic mass is 19.3. The van der Waals surface area contributed by atoms with Crippen molar-refractivity contribution in [3.8, 4) is 0 Å². The van der Waals surface area contributed by atoms with E-state index in [0.29, 0.717) is 11.9 Å². The first-order valence-electron chi connectivity index (χ1n) is 4.52. The van der Waals surface area contributed by atoms with Crippen LogP contribution in [-0.4, -0.2) is 0 Å². The molecular formula is C12H9F2N. The lowest BCUT2D eigenvalue weighted by atomic mass is 10.1. The quantitative estimate of drug-likeness (QED) is 0.781. The number of nitrogens with one attached hydrogen (secondary N) is 1. The number of halogens is 2. The van der Waals surface area contributed by atoms with Gasteiger partial charge in [-0.15, -0.1) is 0 Å². The molecule has 0 radical (unpaired) electrons. The lowest BCUT2D eigenvalue weighted by Crippen LogP contribution is -1.87. The zero-order valence-electron chi connectivity index (χ0n) is 7.87. The van der Waals surface area contributed by atoms with Gasteiger partial charge in [0.15, 0.2) is 0 Å². The molecule has 0 spiro atoms. The highest BCUT2D eigenvalue weighted by molar-refractivity contribution is 5.85. The van der Waals surface area contributed by atoms with Gasteiger partial charge in [0, 0.05) is 5.69 Å². The third-order valence-corrected chi connectivity index (χ3v) is 2.10. The van der Waals surface area contributed by atoms with E-state index in [1.807, 2.05) is 36.4 Å². The molecule has 2 rings (SSSR count). The van der Waals surface area contributed by atoms with E-state index in [0.717, 1.165) is 10.8 Å². The predicted octanol–water partition coefficient (Wildman–Crippen LogP) is 3.99. The molecule has 76 valence electrons. The topological polar surface area (TPSA) is 12.0 Å².